The minimum absolute atomic E-state index is 0.107. The van der Waals surface area contributed by atoms with E-state index in [9.17, 15) is 18.3 Å². The maximum absolute atomic E-state index is 14.0. The van der Waals surface area contributed by atoms with Gasteiger partial charge in [0.25, 0.3) is 10.0 Å². The molecular weight excluding hydrogens is 494 g/mol. The first kappa shape index (κ1) is 24.4. The van der Waals surface area contributed by atoms with Crippen LogP contribution in [0.3, 0.4) is 0 Å². The molecule has 0 aliphatic carbocycles. The van der Waals surface area contributed by atoms with Gasteiger partial charge in [0.05, 0.1) is 36.7 Å². The first-order valence-corrected chi connectivity index (χ1v) is 12.9. The zero-order chi connectivity index (χ0) is 26.3. The molecule has 0 fully saturated rings. The Morgan fingerprint density at radius 1 is 1.03 bits per heavy atom. The molecule has 2 aromatic carbocycles. The molecule has 0 amide bonds. The number of rotatable bonds is 8. The Kier molecular flexibility index (Phi) is 6.12. The summed E-state index contributed by atoms with van der Waals surface area (Å²) in [5, 5.41) is 10.6. The van der Waals surface area contributed by atoms with Crippen LogP contribution in [0, 0.1) is 6.92 Å². The smallest absolute Gasteiger partial charge is 0.305 e. The van der Waals surface area contributed by atoms with Crippen molar-refractivity contribution in [3.8, 4) is 22.8 Å². The highest BCUT2D eigenvalue weighted by molar-refractivity contribution is 7.90. The van der Waals surface area contributed by atoms with Gasteiger partial charge in [0.1, 0.15) is 0 Å². The first-order chi connectivity index (χ1) is 17.7. The van der Waals surface area contributed by atoms with Crippen molar-refractivity contribution in [2.75, 3.05) is 14.2 Å². The lowest BCUT2D eigenvalue weighted by molar-refractivity contribution is -0.137. The summed E-state index contributed by atoms with van der Waals surface area (Å²) in [6.07, 6.45) is 3.21. The molecule has 5 aromatic rings. The van der Waals surface area contributed by atoms with E-state index in [1.165, 1.54) is 18.2 Å². The van der Waals surface area contributed by atoms with E-state index in [1.54, 1.807) is 71.6 Å². The number of fused-ring (bicyclic) bond motifs is 2. The van der Waals surface area contributed by atoms with Gasteiger partial charge in [0.15, 0.2) is 17.1 Å². The predicted molar refractivity (Wildman–Crippen MR) is 140 cm³/mol. The molecule has 5 rings (SSSR count). The van der Waals surface area contributed by atoms with Crippen molar-refractivity contribution < 1.29 is 27.8 Å². The number of hydrogen-bond donors (Lipinski definition) is 1. The topological polar surface area (TPSA) is 113 Å². The molecular formula is C27H25N3O6S. The fourth-order valence-electron chi connectivity index (χ4n) is 4.48. The van der Waals surface area contributed by atoms with Crippen molar-refractivity contribution in [1.29, 1.82) is 0 Å². The van der Waals surface area contributed by atoms with Crippen LogP contribution in [0.25, 0.3) is 33.2 Å². The Labute approximate surface area is 213 Å². The monoisotopic (exact) mass is 519 g/mol. The van der Waals surface area contributed by atoms with Gasteiger partial charge in [0, 0.05) is 41.3 Å². The zero-order valence-electron chi connectivity index (χ0n) is 20.5. The van der Waals surface area contributed by atoms with Crippen molar-refractivity contribution in [3.05, 3.63) is 72.6 Å². The molecule has 0 aliphatic heterocycles. The first-order valence-electron chi connectivity index (χ1n) is 11.5. The number of ether oxygens (including phenoxy) is 2. The van der Waals surface area contributed by atoms with Crippen molar-refractivity contribution in [2.24, 2.45) is 0 Å². The highest BCUT2D eigenvalue weighted by atomic mass is 32.2. The molecule has 0 saturated heterocycles. The van der Waals surface area contributed by atoms with Crippen molar-refractivity contribution >= 4 is 37.9 Å². The Hall–Kier alpha value is -4.31. The Morgan fingerprint density at radius 2 is 1.73 bits per heavy atom. The third-order valence-corrected chi connectivity index (χ3v) is 8.03. The van der Waals surface area contributed by atoms with Crippen LogP contribution in [0.15, 0.2) is 71.9 Å². The fraction of sp³-hybridized carbons (Fsp3) is 0.185. The summed E-state index contributed by atoms with van der Waals surface area (Å²) >= 11 is 0. The Bertz CT molecular complexity index is 1750. The van der Waals surface area contributed by atoms with E-state index in [-0.39, 0.29) is 17.9 Å². The van der Waals surface area contributed by atoms with Crippen LogP contribution >= 0.6 is 0 Å². The van der Waals surface area contributed by atoms with E-state index < -0.39 is 16.0 Å². The highest BCUT2D eigenvalue weighted by Gasteiger charge is 2.27. The lowest BCUT2D eigenvalue weighted by atomic mass is 10.1. The van der Waals surface area contributed by atoms with Crippen molar-refractivity contribution in [1.82, 2.24) is 13.5 Å². The van der Waals surface area contributed by atoms with Gasteiger partial charge in [-0.2, -0.15) is 0 Å². The molecule has 0 atom stereocenters. The van der Waals surface area contributed by atoms with Crippen molar-refractivity contribution in [3.63, 3.8) is 0 Å². The van der Waals surface area contributed by atoms with E-state index in [1.807, 2.05) is 6.92 Å². The second-order valence-corrected chi connectivity index (χ2v) is 10.4. The summed E-state index contributed by atoms with van der Waals surface area (Å²) in [5.41, 5.74) is 2.92. The maximum atomic E-state index is 14.0. The van der Waals surface area contributed by atoms with E-state index in [0.717, 1.165) is 5.56 Å². The molecule has 3 heterocycles. The number of pyridine rings is 1. The second-order valence-electron chi connectivity index (χ2n) is 8.63. The summed E-state index contributed by atoms with van der Waals surface area (Å²) in [4.78, 5) is 15.9. The van der Waals surface area contributed by atoms with Crippen LogP contribution in [-0.4, -0.2) is 47.2 Å². The molecule has 1 N–H and O–H groups in total. The largest absolute Gasteiger partial charge is 0.493 e. The molecule has 0 unspecified atom stereocenters. The van der Waals surface area contributed by atoms with Gasteiger partial charge in [-0.3, -0.25) is 4.79 Å². The summed E-state index contributed by atoms with van der Waals surface area (Å²) in [7, 11) is -0.995. The molecule has 190 valence electrons. The molecule has 10 heteroatoms. The average Bonchev–Trinajstić information content (AvgIpc) is 3.45. The lowest BCUT2D eigenvalue weighted by Gasteiger charge is -2.12. The number of aliphatic carboxylic acids is 1. The number of aryl methyl sites for hydroxylation is 2. The van der Waals surface area contributed by atoms with Crippen LogP contribution < -0.4 is 9.47 Å². The third kappa shape index (κ3) is 4.19. The number of nitrogens with zero attached hydrogens (tertiary/aromatic N) is 3. The second kappa shape index (κ2) is 9.29. The van der Waals surface area contributed by atoms with Gasteiger partial charge in [-0.25, -0.2) is 17.4 Å². The SMILES string of the molecule is COc1cc2c(-c3cc4cccnc4n3S(=O)(=O)c3ccc(C)cc3)cn(CCC(=O)O)c2cc1OC. The number of carboxylic acid groups (broad SMARTS) is 1. The van der Waals surface area contributed by atoms with Gasteiger partial charge in [0.2, 0.25) is 0 Å². The Morgan fingerprint density at radius 3 is 2.41 bits per heavy atom. The van der Waals surface area contributed by atoms with E-state index in [0.29, 0.717) is 44.7 Å². The normalized spacial score (nSPS) is 11.8. The van der Waals surface area contributed by atoms with Gasteiger partial charge < -0.3 is 19.1 Å². The van der Waals surface area contributed by atoms with Crippen molar-refractivity contribution in [2.45, 2.75) is 24.8 Å². The lowest BCUT2D eigenvalue weighted by Crippen LogP contribution is -2.14. The number of aromatic nitrogens is 3. The zero-order valence-corrected chi connectivity index (χ0v) is 21.3. The highest BCUT2D eigenvalue weighted by Crippen LogP contribution is 2.41. The maximum Gasteiger partial charge on any atom is 0.305 e. The molecule has 0 bridgehead atoms. The number of benzene rings is 2. The minimum Gasteiger partial charge on any atom is -0.493 e. The number of carbonyl (C=O) groups is 1. The van der Waals surface area contributed by atoms with E-state index in [2.05, 4.69) is 4.98 Å². The molecule has 0 radical (unpaired) electrons. The van der Waals surface area contributed by atoms with Gasteiger partial charge in [-0.15, -0.1) is 0 Å². The van der Waals surface area contributed by atoms with Gasteiger partial charge in [-0.05, 0) is 43.3 Å². The molecule has 3 aromatic heterocycles. The quantitative estimate of drug-likeness (QED) is 0.316. The number of methoxy groups -OCH3 is 2. The van der Waals surface area contributed by atoms with Crippen LogP contribution in [0.5, 0.6) is 11.5 Å². The Balaban J connectivity index is 1.84. The van der Waals surface area contributed by atoms with Gasteiger partial charge in [-0.1, -0.05) is 17.7 Å². The van der Waals surface area contributed by atoms with E-state index >= 15 is 0 Å². The molecule has 9 nitrogen and oxygen atoms in total. The van der Waals surface area contributed by atoms with Crippen LogP contribution in [0.1, 0.15) is 12.0 Å². The van der Waals surface area contributed by atoms with Crippen LogP contribution in [-0.2, 0) is 21.4 Å². The molecule has 0 spiro atoms. The number of carboxylic acids is 1. The molecule has 37 heavy (non-hydrogen) atoms. The summed E-state index contributed by atoms with van der Waals surface area (Å²) in [6, 6.07) is 15.5. The predicted octanol–water partition coefficient (Wildman–Crippen LogP) is 4.70. The summed E-state index contributed by atoms with van der Waals surface area (Å²) < 4.78 is 42.0. The third-order valence-electron chi connectivity index (χ3n) is 6.31. The molecule has 0 saturated carbocycles. The average molecular weight is 520 g/mol. The molecule has 0 aliphatic rings. The van der Waals surface area contributed by atoms with Gasteiger partial charge >= 0.3 is 5.97 Å². The van der Waals surface area contributed by atoms with Crippen LogP contribution in [0.4, 0.5) is 0 Å². The standard InChI is InChI=1S/C27H25N3O6S/c1-17-6-8-19(9-7-17)37(33,34)30-23(13-18-5-4-11-28-27(18)30)21-16-29(12-10-26(31)32)22-15-25(36-3)24(35-2)14-20(21)22/h4-9,11,13-16H,10,12H2,1-3H3,(H,31,32). The summed E-state index contributed by atoms with van der Waals surface area (Å²) in [6.45, 7) is 2.08. The fourth-order valence-corrected chi connectivity index (χ4v) is 5.96. The van der Waals surface area contributed by atoms with E-state index in [4.69, 9.17) is 9.47 Å². The van der Waals surface area contributed by atoms with Crippen LogP contribution in [0.2, 0.25) is 0 Å². The minimum atomic E-state index is -4.04. The summed E-state index contributed by atoms with van der Waals surface area (Å²) in [5.74, 6) is 0.00395. The number of hydrogen-bond acceptors (Lipinski definition) is 6.